The third-order valence-corrected chi connectivity index (χ3v) is 6.43. The number of phenols is 2. The Bertz CT molecular complexity index is 1230. The van der Waals surface area contributed by atoms with Crippen LogP contribution in [0, 0.1) is 0 Å². The summed E-state index contributed by atoms with van der Waals surface area (Å²) in [5, 5.41) is 31.4. The number of rotatable bonds is 9. The maximum Gasteiger partial charge on any atom is 0.430 e. The summed E-state index contributed by atoms with van der Waals surface area (Å²) >= 11 is 0. The van der Waals surface area contributed by atoms with E-state index in [-0.39, 0.29) is 42.9 Å². The maximum absolute atomic E-state index is 13.3. The van der Waals surface area contributed by atoms with Crippen molar-refractivity contribution in [3.05, 3.63) is 53.1 Å². The van der Waals surface area contributed by atoms with Crippen molar-refractivity contribution < 1.29 is 56.0 Å². The molecule has 2 aromatic rings. The molecule has 1 saturated heterocycles. The summed E-state index contributed by atoms with van der Waals surface area (Å²) in [6.45, 7) is 2.79. The molecule has 0 aliphatic carbocycles. The summed E-state index contributed by atoms with van der Waals surface area (Å²) in [6, 6.07) is 4.93. The summed E-state index contributed by atoms with van der Waals surface area (Å²) in [4.78, 5) is 26.3. The number of hydrogen-bond donors (Lipinski definition) is 4. The molecule has 1 aliphatic rings. The second-order valence-electron chi connectivity index (χ2n) is 9.20. The normalized spacial score (nSPS) is 18.4. The van der Waals surface area contributed by atoms with E-state index in [1.807, 2.05) is 0 Å². The first-order chi connectivity index (χ1) is 18.0. The van der Waals surface area contributed by atoms with Crippen molar-refractivity contribution in [1.29, 1.82) is 0 Å². The SMILES string of the molecule is CCCc1cc(C(O)(C(F)(F)F)C(F)(F)F)ccc1OCCCN1C(=O)NC(C)(c2ccc(O)c(O)c2)C1=O. The molecule has 0 spiro atoms. The van der Waals surface area contributed by atoms with E-state index in [1.165, 1.54) is 13.0 Å². The van der Waals surface area contributed by atoms with E-state index < -0.39 is 52.5 Å². The Morgan fingerprint density at radius 3 is 2.18 bits per heavy atom. The lowest BCUT2D eigenvalue weighted by Gasteiger charge is -2.33. The highest BCUT2D eigenvalue weighted by Crippen LogP contribution is 2.50. The number of phenolic OH excluding ortho intramolecular Hbond substituents is 2. The highest BCUT2D eigenvalue weighted by molar-refractivity contribution is 6.07. The largest absolute Gasteiger partial charge is 0.504 e. The lowest BCUT2D eigenvalue weighted by atomic mass is 9.90. The third-order valence-electron chi connectivity index (χ3n) is 6.43. The van der Waals surface area contributed by atoms with Gasteiger partial charge < -0.3 is 25.4 Å². The van der Waals surface area contributed by atoms with Gasteiger partial charge in [0.2, 0.25) is 0 Å². The molecular formula is C25H26F6N2O6. The second kappa shape index (κ2) is 10.5. The van der Waals surface area contributed by atoms with Crippen LogP contribution >= 0.6 is 0 Å². The molecule has 1 unspecified atom stereocenters. The molecule has 0 radical (unpaired) electrons. The number of ether oxygens (including phenoxy) is 1. The van der Waals surface area contributed by atoms with Crippen molar-refractivity contribution in [1.82, 2.24) is 10.2 Å². The minimum Gasteiger partial charge on any atom is -0.504 e. The molecule has 4 N–H and O–H groups in total. The average molecular weight is 564 g/mol. The van der Waals surface area contributed by atoms with Crippen LogP contribution in [0.25, 0.3) is 0 Å². The van der Waals surface area contributed by atoms with Crippen LogP contribution in [-0.4, -0.2) is 57.7 Å². The average Bonchev–Trinajstić information content (AvgIpc) is 3.05. The first-order valence-electron chi connectivity index (χ1n) is 11.8. The molecule has 0 aromatic heterocycles. The first kappa shape index (κ1) is 29.9. The molecule has 1 fully saturated rings. The van der Waals surface area contributed by atoms with E-state index in [0.29, 0.717) is 18.6 Å². The van der Waals surface area contributed by atoms with Crippen molar-refractivity contribution in [2.75, 3.05) is 13.2 Å². The zero-order valence-corrected chi connectivity index (χ0v) is 20.8. The molecule has 214 valence electrons. The van der Waals surface area contributed by atoms with Crippen LogP contribution in [0.15, 0.2) is 36.4 Å². The fraction of sp³-hybridized carbons (Fsp3) is 0.440. The van der Waals surface area contributed by atoms with Gasteiger partial charge in [0.15, 0.2) is 11.5 Å². The molecule has 39 heavy (non-hydrogen) atoms. The first-order valence-corrected chi connectivity index (χ1v) is 11.8. The number of imide groups is 1. The fourth-order valence-corrected chi connectivity index (χ4v) is 4.23. The lowest BCUT2D eigenvalue weighted by molar-refractivity contribution is -0.376. The molecule has 3 rings (SSSR count). The molecule has 8 nitrogen and oxygen atoms in total. The van der Waals surface area contributed by atoms with Gasteiger partial charge in [0.1, 0.15) is 11.3 Å². The molecule has 3 amide bonds. The van der Waals surface area contributed by atoms with Gasteiger partial charge in [0.25, 0.3) is 11.5 Å². The van der Waals surface area contributed by atoms with Gasteiger partial charge in [-0.2, -0.15) is 26.3 Å². The highest BCUT2D eigenvalue weighted by atomic mass is 19.4. The smallest absolute Gasteiger partial charge is 0.430 e. The quantitative estimate of drug-likeness (QED) is 0.153. The van der Waals surface area contributed by atoms with E-state index in [2.05, 4.69) is 5.32 Å². The van der Waals surface area contributed by atoms with Gasteiger partial charge in [0.05, 0.1) is 6.61 Å². The van der Waals surface area contributed by atoms with E-state index in [1.54, 1.807) is 6.92 Å². The number of halogens is 6. The number of carbonyl (C=O) groups is 2. The number of aliphatic hydroxyl groups is 1. The third kappa shape index (κ3) is 5.42. The molecule has 1 aliphatic heterocycles. The molecule has 14 heteroatoms. The van der Waals surface area contributed by atoms with Crippen molar-refractivity contribution in [3.8, 4) is 17.2 Å². The van der Waals surface area contributed by atoms with Crippen LogP contribution in [0.2, 0.25) is 0 Å². The van der Waals surface area contributed by atoms with Gasteiger partial charge >= 0.3 is 18.4 Å². The van der Waals surface area contributed by atoms with Crippen LogP contribution in [0.4, 0.5) is 31.1 Å². The number of nitrogens with one attached hydrogen (secondary N) is 1. The van der Waals surface area contributed by atoms with Gasteiger partial charge in [-0.05, 0) is 55.2 Å². The minimum absolute atomic E-state index is 0.00564. The van der Waals surface area contributed by atoms with E-state index in [4.69, 9.17) is 4.74 Å². The van der Waals surface area contributed by atoms with E-state index in [0.717, 1.165) is 23.1 Å². The van der Waals surface area contributed by atoms with Crippen LogP contribution in [0.3, 0.4) is 0 Å². The molecule has 0 saturated carbocycles. The number of alkyl halides is 6. The zero-order chi connectivity index (χ0) is 29.4. The van der Waals surface area contributed by atoms with E-state index >= 15 is 0 Å². The topological polar surface area (TPSA) is 119 Å². The van der Waals surface area contributed by atoms with E-state index in [9.17, 15) is 51.3 Å². The van der Waals surface area contributed by atoms with Crippen LogP contribution in [0.5, 0.6) is 17.2 Å². The van der Waals surface area contributed by atoms with Crippen molar-refractivity contribution in [3.63, 3.8) is 0 Å². The maximum atomic E-state index is 13.3. The molecule has 0 bridgehead atoms. The number of carbonyl (C=O) groups excluding carboxylic acids is 2. The molecule has 1 heterocycles. The monoisotopic (exact) mass is 564 g/mol. The Hall–Kier alpha value is -3.68. The Balaban J connectivity index is 1.72. The van der Waals surface area contributed by atoms with Gasteiger partial charge in [-0.3, -0.25) is 9.69 Å². The summed E-state index contributed by atoms with van der Waals surface area (Å²) in [5.41, 5.74) is -7.75. The minimum atomic E-state index is -6.02. The molecule has 2 aromatic carbocycles. The molecular weight excluding hydrogens is 538 g/mol. The van der Waals surface area contributed by atoms with Gasteiger partial charge in [-0.25, -0.2) is 4.79 Å². The number of aromatic hydroxyl groups is 2. The second-order valence-corrected chi connectivity index (χ2v) is 9.20. The summed E-state index contributed by atoms with van der Waals surface area (Å²) < 4.78 is 85.2. The Kier molecular flexibility index (Phi) is 8.02. The number of aryl methyl sites for hydroxylation is 1. The zero-order valence-electron chi connectivity index (χ0n) is 20.8. The Morgan fingerprint density at radius 2 is 1.62 bits per heavy atom. The number of nitrogens with zero attached hydrogens (tertiary/aromatic N) is 1. The van der Waals surface area contributed by atoms with Crippen LogP contribution in [-0.2, 0) is 22.4 Å². The molecule has 1 atom stereocenters. The van der Waals surface area contributed by atoms with Crippen molar-refractivity contribution in [2.45, 2.75) is 56.6 Å². The van der Waals surface area contributed by atoms with Crippen molar-refractivity contribution >= 4 is 11.9 Å². The highest BCUT2D eigenvalue weighted by Gasteiger charge is 2.71. The lowest BCUT2D eigenvalue weighted by Crippen LogP contribution is -2.53. The standard InChI is InChI=1S/C25H26F6N2O6/c1-3-5-14-12-16(23(38,24(26,27)28)25(29,30)31)7-9-19(14)39-11-4-10-33-20(36)22(2,32-21(33)37)15-6-8-17(34)18(35)13-15/h6-9,12-13,34-35,38H,3-5,10-11H2,1-2H3,(H,32,37). The van der Waals surface area contributed by atoms with Gasteiger partial charge in [-0.15, -0.1) is 0 Å². The Labute approximate surface area is 218 Å². The summed E-state index contributed by atoms with van der Waals surface area (Å²) in [6.07, 6.45) is -11.6. The predicted octanol–water partition coefficient (Wildman–Crippen LogP) is 4.60. The van der Waals surface area contributed by atoms with Crippen LogP contribution in [0.1, 0.15) is 43.4 Å². The van der Waals surface area contributed by atoms with Crippen LogP contribution < -0.4 is 10.1 Å². The number of amides is 3. The number of benzene rings is 2. The number of hydrogen-bond acceptors (Lipinski definition) is 6. The predicted molar refractivity (Wildman–Crippen MR) is 124 cm³/mol. The number of urea groups is 1. The van der Waals surface area contributed by atoms with Gasteiger partial charge in [-0.1, -0.05) is 25.5 Å². The Morgan fingerprint density at radius 1 is 0.974 bits per heavy atom. The summed E-state index contributed by atoms with van der Waals surface area (Å²) in [5.74, 6) is -1.55. The van der Waals surface area contributed by atoms with Crippen molar-refractivity contribution in [2.24, 2.45) is 0 Å². The van der Waals surface area contributed by atoms with Gasteiger partial charge in [0, 0.05) is 12.1 Å². The summed E-state index contributed by atoms with van der Waals surface area (Å²) in [7, 11) is 0. The fourth-order valence-electron chi connectivity index (χ4n) is 4.23.